The second-order valence-electron chi connectivity index (χ2n) is 5.68. The van der Waals surface area contributed by atoms with Gasteiger partial charge in [0.15, 0.2) is 5.92 Å². The number of benzene rings is 1. The minimum Gasteiger partial charge on any atom is -0.463 e. The summed E-state index contributed by atoms with van der Waals surface area (Å²) in [5.41, 5.74) is 1.54. The number of carbonyl (C=O) groups is 2. The minimum absolute atomic E-state index is 0.139. The lowest BCUT2D eigenvalue weighted by molar-refractivity contribution is -0.133. The fourth-order valence-electron chi connectivity index (χ4n) is 2.55. The molecular formula is C16H16N2O5S. The fourth-order valence-corrected chi connectivity index (χ4v) is 3.92. The normalized spacial score (nSPS) is 19.0. The molecule has 2 aromatic rings. The van der Waals surface area contributed by atoms with E-state index in [1.54, 1.807) is 19.1 Å². The molecule has 126 valence electrons. The highest BCUT2D eigenvalue weighted by atomic mass is 32.2. The lowest BCUT2D eigenvalue weighted by Gasteiger charge is -2.27. The Balaban J connectivity index is 2.01. The molecule has 1 aliphatic rings. The molecule has 1 aromatic heterocycles. The van der Waals surface area contributed by atoms with Crippen LogP contribution in [0.3, 0.4) is 0 Å². The Morgan fingerprint density at radius 1 is 1.21 bits per heavy atom. The van der Waals surface area contributed by atoms with Gasteiger partial charge < -0.3 is 9.73 Å². The highest BCUT2D eigenvalue weighted by Gasteiger charge is 2.47. The highest BCUT2D eigenvalue weighted by Crippen LogP contribution is 2.36. The molecule has 0 radical (unpaired) electrons. The number of furan rings is 1. The third-order valence-corrected chi connectivity index (χ3v) is 5.66. The van der Waals surface area contributed by atoms with Gasteiger partial charge in [0, 0.05) is 18.8 Å². The molecule has 2 heterocycles. The Hall–Kier alpha value is -2.61. The standard InChI is InChI=1S/C16H16N2O5S/c1-9-4-6-11(7-5-9)17-15(19)13-14-12(8-10(2)23-14)24(21,22)18(3)16(13)20/h4-8,13H,1-3H3,(H,17,19). The van der Waals surface area contributed by atoms with Crippen LogP contribution in [0.2, 0.25) is 0 Å². The van der Waals surface area contributed by atoms with Gasteiger partial charge in [0.25, 0.3) is 15.9 Å². The Morgan fingerprint density at radius 3 is 2.46 bits per heavy atom. The number of fused-ring (bicyclic) bond motifs is 1. The number of nitrogens with zero attached hydrogens (tertiary/aromatic N) is 1. The number of likely N-dealkylation sites (N-methyl/N-ethyl adjacent to an activating group) is 1. The van der Waals surface area contributed by atoms with Crippen LogP contribution in [0.1, 0.15) is 23.0 Å². The first kappa shape index (κ1) is 16.3. The largest absolute Gasteiger partial charge is 0.463 e. The quantitative estimate of drug-likeness (QED) is 0.835. The molecule has 7 nitrogen and oxygen atoms in total. The second kappa shape index (κ2) is 5.48. The number of amides is 2. The van der Waals surface area contributed by atoms with E-state index in [-0.39, 0.29) is 10.7 Å². The zero-order valence-electron chi connectivity index (χ0n) is 13.4. The van der Waals surface area contributed by atoms with Gasteiger partial charge in [0.1, 0.15) is 16.4 Å². The number of hydrogen-bond donors (Lipinski definition) is 1. The third-order valence-electron chi connectivity index (χ3n) is 3.89. The molecule has 0 bridgehead atoms. The molecule has 0 spiro atoms. The van der Waals surface area contributed by atoms with E-state index in [2.05, 4.69) is 5.32 Å². The molecule has 1 atom stereocenters. The first-order valence-electron chi connectivity index (χ1n) is 7.22. The summed E-state index contributed by atoms with van der Waals surface area (Å²) < 4.78 is 30.6. The van der Waals surface area contributed by atoms with Gasteiger partial charge in [-0.25, -0.2) is 12.7 Å². The Morgan fingerprint density at radius 2 is 1.83 bits per heavy atom. The molecule has 0 saturated heterocycles. The van der Waals surface area contributed by atoms with E-state index in [0.29, 0.717) is 15.8 Å². The molecule has 24 heavy (non-hydrogen) atoms. The topological polar surface area (TPSA) is 96.7 Å². The molecular weight excluding hydrogens is 332 g/mol. The van der Waals surface area contributed by atoms with E-state index < -0.39 is 27.8 Å². The highest BCUT2D eigenvalue weighted by molar-refractivity contribution is 7.89. The molecule has 1 N–H and O–H groups in total. The molecule has 0 fully saturated rings. The second-order valence-corrected chi connectivity index (χ2v) is 7.62. The van der Waals surface area contributed by atoms with Gasteiger partial charge in [0.2, 0.25) is 5.91 Å². The van der Waals surface area contributed by atoms with Crippen LogP contribution >= 0.6 is 0 Å². The van der Waals surface area contributed by atoms with E-state index in [4.69, 9.17) is 4.42 Å². The average molecular weight is 348 g/mol. The molecule has 3 rings (SSSR count). The van der Waals surface area contributed by atoms with Crippen molar-refractivity contribution in [2.24, 2.45) is 0 Å². The molecule has 0 aliphatic carbocycles. The molecule has 8 heteroatoms. The van der Waals surface area contributed by atoms with Crippen molar-refractivity contribution in [3.8, 4) is 0 Å². The molecule has 0 saturated carbocycles. The lowest BCUT2D eigenvalue weighted by atomic mass is 10.0. The van der Waals surface area contributed by atoms with Crippen LogP contribution in [0.25, 0.3) is 0 Å². The monoisotopic (exact) mass is 348 g/mol. The number of nitrogens with one attached hydrogen (secondary N) is 1. The summed E-state index contributed by atoms with van der Waals surface area (Å²) in [5.74, 6) is -2.65. The van der Waals surface area contributed by atoms with Gasteiger partial charge in [-0.2, -0.15) is 0 Å². The van der Waals surface area contributed by atoms with Crippen molar-refractivity contribution in [3.05, 3.63) is 47.4 Å². The predicted molar refractivity (Wildman–Crippen MR) is 86.0 cm³/mol. The number of carbonyl (C=O) groups excluding carboxylic acids is 2. The summed E-state index contributed by atoms with van der Waals surface area (Å²) in [6, 6.07) is 8.36. The van der Waals surface area contributed by atoms with Crippen molar-refractivity contribution < 1.29 is 22.4 Å². The maximum Gasteiger partial charge on any atom is 0.269 e. The van der Waals surface area contributed by atoms with Crippen molar-refractivity contribution >= 4 is 27.5 Å². The minimum atomic E-state index is -3.98. The summed E-state index contributed by atoms with van der Waals surface area (Å²) in [6.45, 7) is 3.47. The van der Waals surface area contributed by atoms with Crippen molar-refractivity contribution in [1.82, 2.24) is 4.31 Å². The Kier molecular flexibility index (Phi) is 3.71. The van der Waals surface area contributed by atoms with Crippen LogP contribution in [0.4, 0.5) is 5.69 Å². The lowest BCUT2D eigenvalue weighted by Crippen LogP contribution is -2.45. The summed E-state index contributed by atoms with van der Waals surface area (Å²) >= 11 is 0. The van der Waals surface area contributed by atoms with Crippen molar-refractivity contribution in [2.45, 2.75) is 24.7 Å². The Labute approximate surface area is 139 Å². The summed E-state index contributed by atoms with van der Waals surface area (Å²) in [7, 11) is -2.85. The van der Waals surface area contributed by atoms with Crippen LogP contribution in [0, 0.1) is 13.8 Å². The first-order chi connectivity index (χ1) is 11.2. The van der Waals surface area contributed by atoms with Gasteiger partial charge >= 0.3 is 0 Å². The maximum absolute atomic E-state index is 12.6. The predicted octanol–water partition coefficient (Wildman–Crippen LogP) is 1.78. The van der Waals surface area contributed by atoms with Crippen LogP contribution in [0.15, 0.2) is 39.6 Å². The van der Waals surface area contributed by atoms with Gasteiger partial charge in [-0.1, -0.05) is 17.7 Å². The number of sulfonamides is 1. The van der Waals surface area contributed by atoms with Gasteiger partial charge in [-0.15, -0.1) is 0 Å². The van der Waals surface area contributed by atoms with E-state index in [9.17, 15) is 18.0 Å². The summed E-state index contributed by atoms with van der Waals surface area (Å²) in [5, 5.41) is 2.63. The molecule has 1 unspecified atom stereocenters. The number of anilines is 1. The van der Waals surface area contributed by atoms with Gasteiger partial charge in [-0.3, -0.25) is 9.59 Å². The van der Waals surface area contributed by atoms with Crippen LogP contribution in [0.5, 0.6) is 0 Å². The van der Waals surface area contributed by atoms with Crippen LogP contribution in [-0.2, 0) is 19.6 Å². The zero-order valence-corrected chi connectivity index (χ0v) is 14.2. The third kappa shape index (κ3) is 2.48. The van der Waals surface area contributed by atoms with E-state index in [0.717, 1.165) is 12.6 Å². The average Bonchev–Trinajstić information content (AvgIpc) is 2.90. The van der Waals surface area contributed by atoms with E-state index in [1.807, 2.05) is 19.1 Å². The first-order valence-corrected chi connectivity index (χ1v) is 8.66. The van der Waals surface area contributed by atoms with Crippen LogP contribution < -0.4 is 5.32 Å². The van der Waals surface area contributed by atoms with E-state index >= 15 is 0 Å². The molecule has 2 amide bonds. The zero-order chi connectivity index (χ0) is 17.6. The van der Waals surface area contributed by atoms with Crippen molar-refractivity contribution in [2.75, 3.05) is 12.4 Å². The Bertz CT molecular complexity index is 928. The number of rotatable bonds is 2. The van der Waals surface area contributed by atoms with Crippen molar-refractivity contribution in [1.29, 1.82) is 0 Å². The summed E-state index contributed by atoms with van der Waals surface area (Å²) in [4.78, 5) is 24.9. The SMILES string of the molecule is Cc1ccc(NC(=O)C2C(=O)N(C)S(=O)(=O)c3cc(C)oc32)cc1. The van der Waals surface area contributed by atoms with Gasteiger partial charge in [-0.05, 0) is 26.0 Å². The number of aryl methyl sites for hydroxylation is 2. The molecule has 1 aromatic carbocycles. The van der Waals surface area contributed by atoms with Gasteiger partial charge in [0.05, 0.1) is 0 Å². The van der Waals surface area contributed by atoms with E-state index in [1.165, 1.54) is 6.07 Å². The maximum atomic E-state index is 12.6. The van der Waals surface area contributed by atoms with Crippen LogP contribution in [-0.4, -0.2) is 31.6 Å². The molecule has 1 aliphatic heterocycles. The summed E-state index contributed by atoms with van der Waals surface area (Å²) in [6.07, 6.45) is 0. The van der Waals surface area contributed by atoms with Crippen molar-refractivity contribution in [3.63, 3.8) is 0 Å². The number of hydrogen-bond acceptors (Lipinski definition) is 5. The fraction of sp³-hybridized carbons (Fsp3) is 0.250. The smallest absolute Gasteiger partial charge is 0.269 e.